The molecule has 2 N–H and O–H groups in total. The van der Waals surface area contributed by atoms with E-state index in [0.717, 1.165) is 38.5 Å². The predicted molar refractivity (Wildman–Crippen MR) is 76.9 cm³/mol. The minimum atomic E-state index is 0.0453. The monoisotopic (exact) mass is 278 g/mol. The summed E-state index contributed by atoms with van der Waals surface area (Å²) in [7, 11) is 0. The van der Waals surface area contributed by atoms with Crippen molar-refractivity contribution in [1.29, 1.82) is 0 Å². The Hall–Kier alpha value is -1.06. The Kier molecular flexibility index (Phi) is 3.74. The van der Waals surface area contributed by atoms with Gasteiger partial charge in [-0.25, -0.2) is 0 Å². The molecule has 4 nitrogen and oxygen atoms in total. The Morgan fingerprint density at radius 1 is 0.800 bits per heavy atom. The Morgan fingerprint density at radius 3 is 1.55 bits per heavy atom. The number of hydrogen-bond acceptors (Lipinski definition) is 2. The van der Waals surface area contributed by atoms with Gasteiger partial charge in [-0.15, -0.1) is 0 Å². The fourth-order valence-corrected chi connectivity index (χ4v) is 3.31. The lowest BCUT2D eigenvalue weighted by molar-refractivity contribution is -0.130. The molecule has 4 heteroatoms. The van der Waals surface area contributed by atoms with Gasteiger partial charge in [0.05, 0.1) is 0 Å². The fourth-order valence-electron chi connectivity index (χ4n) is 3.31. The van der Waals surface area contributed by atoms with Crippen LogP contribution in [0.4, 0.5) is 0 Å². The molecular weight excluding hydrogens is 252 g/mol. The summed E-state index contributed by atoms with van der Waals surface area (Å²) in [5.41, 5.74) is 0. The zero-order chi connectivity index (χ0) is 14.3. The minimum Gasteiger partial charge on any atom is -0.353 e. The lowest BCUT2D eigenvalue weighted by atomic mass is 9.80. The molecule has 0 aromatic carbocycles. The quantitative estimate of drug-likeness (QED) is 0.824. The first-order chi connectivity index (χ1) is 9.54. The van der Waals surface area contributed by atoms with Crippen LogP contribution in [-0.2, 0) is 9.59 Å². The number of carbonyl (C=O) groups is 2. The molecular formula is C16H26N2O2. The van der Waals surface area contributed by atoms with E-state index in [1.807, 2.05) is 0 Å². The zero-order valence-electron chi connectivity index (χ0n) is 12.5. The summed E-state index contributed by atoms with van der Waals surface area (Å²) >= 11 is 0. The number of rotatable bonds is 4. The van der Waals surface area contributed by atoms with Gasteiger partial charge in [0.25, 0.3) is 0 Å². The Balaban J connectivity index is 1.47. The van der Waals surface area contributed by atoms with Crippen LogP contribution in [0.1, 0.15) is 52.4 Å². The van der Waals surface area contributed by atoms with Crippen LogP contribution in [0.15, 0.2) is 0 Å². The Bertz CT molecular complexity index is 373. The van der Waals surface area contributed by atoms with Crippen LogP contribution < -0.4 is 10.6 Å². The maximum atomic E-state index is 12.2. The van der Waals surface area contributed by atoms with Gasteiger partial charge >= 0.3 is 0 Å². The molecule has 6 unspecified atom stereocenters. The summed E-state index contributed by atoms with van der Waals surface area (Å²) in [6, 6.07) is 0.785. The van der Waals surface area contributed by atoms with Crippen molar-refractivity contribution in [3.05, 3.63) is 0 Å². The van der Waals surface area contributed by atoms with Gasteiger partial charge in [0.1, 0.15) is 0 Å². The van der Waals surface area contributed by atoms with Gasteiger partial charge < -0.3 is 10.6 Å². The fraction of sp³-hybridized carbons (Fsp3) is 0.875. The molecule has 112 valence electrons. The largest absolute Gasteiger partial charge is 0.353 e. The van der Waals surface area contributed by atoms with Crippen LogP contribution in [0.3, 0.4) is 0 Å². The van der Waals surface area contributed by atoms with Crippen LogP contribution in [0.2, 0.25) is 0 Å². The SMILES string of the molecule is CC1CC1NC(=O)C1CCCC(C(=O)NC2CC2C)C1. The third kappa shape index (κ3) is 3.15. The topological polar surface area (TPSA) is 58.2 Å². The van der Waals surface area contributed by atoms with E-state index in [4.69, 9.17) is 0 Å². The molecule has 0 saturated heterocycles. The summed E-state index contributed by atoms with van der Waals surface area (Å²) in [4.78, 5) is 24.4. The van der Waals surface area contributed by atoms with Crippen molar-refractivity contribution in [1.82, 2.24) is 10.6 Å². The highest BCUT2D eigenvalue weighted by Crippen LogP contribution is 2.34. The molecule has 6 atom stereocenters. The second-order valence-corrected chi connectivity index (χ2v) is 7.22. The van der Waals surface area contributed by atoms with E-state index in [9.17, 15) is 9.59 Å². The van der Waals surface area contributed by atoms with Gasteiger partial charge in [-0.1, -0.05) is 20.3 Å². The predicted octanol–water partition coefficient (Wildman–Crippen LogP) is 1.84. The van der Waals surface area contributed by atoms with Crippen LogP contribution in [0, 0.1) is 23.7 Å². The van der Waals surface area contributed by atoms with Gasteiger partial charge in [0.15, 0.2) is 0 Å². The summed E-state index contributed by atoms with van der Waals surface area (Å²) in [5, 5.41) is 6.24. The zero-order valence-corrected chi connectivity index (χ0v) is 12.5. The third-order valence-corrected chi connectivity index (χ3v) is 5.29. The first-order valence-corrected chi connectivity index (χ1v) is 8.15. The average Bonchev–Trinajstić information content (AvgIpc) is 3.31. The number of carbonyl (C=O) groups excluding carboxylic acids is 2. The second-order valence-electron chi connectivity index (χ2n) is 7.22. The first kappa shape index (κ1) is 13.9. The van der Waals surface area contributed by atoms with Crippen LogP contribution in [0.25, 0.3) is 0 Å². The van der Waals surface area contributed by atoms with Crippen LogP contribution in [0.5, 0.6) is 0 Å². The van der Waals surface area contributed by atoms with Crippen molar-refractivity contribution < 1.29 is 9.59 Å². The molecule has 0 aliphatic heterocycles. The molecule has 3 rings (SSSR count). The molecule has 2 amide bonds. The maximum Gasteiger partial charge on any atom is 0.223 e. The van der Waals surface area contributed by atoms with Crippen molar-refractivity contribution in [3.8, 4) is 0 Å². The van der Waals surface area contributed by atoms with E-state index in [1.54, 1.807) is 0 Å². The summed E-state index contributed by atoms with van der Waals surface area (Å²) < 4.78 is 0. The molecule has 3 saturated carbocycles. The molecule has 3 aliphatic rings. The molecule has 0 aromatic heterocycles. The highest BCUT2D eigenvalue weighted by atomic mass is 16.2. The average molecular weight is 278 g/mol. The smallest absolute Gasteiger partial charge is 0.223 e. The molecule has 0 heterocycles. The molecule has 20 heavy (non-hydrogen) atoms. The molecule has 3 fully saturated rings. The van der Waals surface area contributed by atoms with Crippen molar-refractivity contribution in [3.63, 3.8) is 0 Å². The number of hydrogen-bond donors (Lipinski definition) is 2. The van der Waals surface area contributed by atoms with E-state index in [1.165, 1.54) is 0 Å². The summed E-state index contributed by atoms with van der Waals surface area (Å²) in [5.74, 6) is 1.72. The van der Waals surface area contributed by atoms with Gasteiger partial charge in [0.2, 0.25) is 11.8 Å². The van der Waals surface area contributed by atoms with E-state index in [-0.39, 0.29) is 23.7 Å². The third-order valence-electron chi connectivity index (χ3n) is 5.29. The molecule has 0 aromatic rings. The first-order valence-electron chi connectivity index (χ1n) is 8.15. The molecule has 0 radical (unpaired) electrons. The van der Waals surface area contributed by atoms with E-state index < -0.39 is 0 Å². The summed E-state index contributed by atoms with van der Waals surface area (Å²) in [6.07, 6.45) is 5.84. The van der Waals surface area contributed by atoms with Crippen molar-refractivity contribution in [2.45, 2.75) is 64.5 Å². The Morgan fingerprint density at radius 2 is 1.20 bits per heavy atom. The minimum absolute atomic E-state index is 0.0453. The second kappa shape index (κ2) is 5.38. The normalized spacial score (nSPS) is 42.7. The van der Waals surface area contributed by atoms with Crippen molar-refractivity contribution in [2.24, 2.45) is 23.7 Å². The lowest BCUT2D eigenvalue weighted by Gasteiger charge is -2.27. The lowest BCUT2D eigenvalue weighted by Crippen LogP contribution is -2.40. The van der Waals surface area contributed by atoms with Gasteiger partial charge in [-0.2, -0.15) is 0 Å². The van der Waals surface area contributed by atoms with Gasteiger partial charge in [-0.05, 0) is 43.9 Å². The van der Waals surface area contributed by atoms with E-state index in [0.29, 0.717) is 23.9 Å². The Labute approximate surface area is 121 Å². The molecule has 0 bridgehead atoms. The molecule has 3 aliphatic carbocycles. The maximum absolute atomic E-state index is 12.2. The van der Waals surface area contributed by atoms with E-state index >= 15 is 0 Å². The van der Waals surface area contributed by atoms with Crippen LogP contribution >= 0.6 is 0 Å². The highest BCUT2D eigenvalue weighted by molar-refractivity contribution is 5.83. The standard InChI is InChI=1S/C16H26N2O2/c1-9-6-13(9)17-15(19)11-4-3-5-12(8-11)16(20)18-14-7-10(14)2/h9-14H,3-8H2,1-2H3,(H,17,19)(H,18,20). The number of amides is 2. The molecule has 0 spiro atoms. The van der Waals surface area contributed by atoms with E-state index in [2.05, 4.69) is 24.5 Å². The van der Waals surface area contributed by atoms with Crippen molar-refractivity contribution in [2.75, 3.05) is 0 Å². The number of nitrogens with one attached hydrogen (secondary N) is 2. The van der Waals surface area contributed by atoms with Gasteiger partial charge in [-0.3, -0.25) is 9.59 Å². The summed E-state index contributed by atoms with van der Waals surface area (Å²) in [6.45, 7) is 4.33. The van der Waals surface area contributed by atoms with Gasteiger partial charge in [0, 0.05) is 23.9 Å². The van der Waals surface area contributed by atoms with Crippen LogP contribution in [-0.4, -0.2) is 23.9 Å². The highest BCUT2D eigenvalue weighted by Gasteiger charge is 2.39. The van der Waals surface area contributed by atoms with Crippen molar-refractivity contribution >= 4 is 11.8 Å².